The number of methoxy groups -OCH3 is 1. The lowest BCUT2D eigenvalue weighted by atomic mass is 10.1. The number of hydrogen-bond donors (Lipinski definition) is 2. The van der Waals surface area contributed by atoms with Crippen molar-refractivity contribution in [1.82, 2.24) is 0 Å². The van der Waals surface area contributed by atoms with E-state index >= 15 is 0 Å². The van der Waals surface area contributed by atoms with Crippen molar-refractivity contribution < 1.29 is 32.5 Å². The number of benzene rings is 1. The first kappa shape index (κ1) is 16.1. The second kappa shape index (κ2) is 6.99. The van der Waals surface area contributed by atoms with E-state index in [1.807, 2.05) is 0 Å². The minimum absolute atomic E-state index is 0.00150. The number of carboxylic acids is 1. The molecule has 0 bridgehead atoms. The summed E-state index contributed by atoms with van der Waals surface area (Å²) in [6, 6.07) is 4.28. The Hall–Kier alpha value is -1.96. The molecule has 0 heterocycles. The van der Waals surface area contributed by atoms with Gasteiger partial charge in [-0.1, -0.05) is 0 Å². The van der Waals surface area contributed by atoms with Crippen LogP contribution in [-0.2, 0) is 4.74 Å². The number of nitrogens with one attached hydrogen (secondary N) is 1. The molecule has 5 nitrogen and oxygen atoms in total. The molecule has 20 heavy (non-hydrogen) atoms. The third-order valence-corrected chi connectivity index (χ3v) is 2.28. The molecule has 0 aliphatic rings. The summed E-state index contributed by atoms with van der Waals surface area (Å²) in [5.74, 6) is -0.708. The molecular formula is C12H14F3NO4. The number of carbonyl (C=O) groups is 1. The third-order valence-electron chi connectivity index (χ3n) is 2.28. The van der Waals surface area contributed by atoms with E-state index in [4.69, 9.17) is 9.84 Å². The van der Waals surface area contributed by atoms with Gasteiger partial charge >= 0.3 is 12.1 Å². The van der Waals surface area contributed by atoms with Gasteiger partial charge in [-0.3, -0.25) is 0 Å². The van der Waals surface area contributed by atoms with Crippen LogP contribution in [0.15, 0.2) is 18.2 Å². The van der Waals surface area contributed by atoms with Gasteiger partial charge in [0.05, 0.1) is 25.0 Å². The van der Waals surface area contributed by atoms with Gasteiger partial charge in [0.25, 0.3) is 0 Å². The summed E-state index contributed by atoms with van der Waals surface area (Å²) in [6.45, 7) is -1.49. The first-order chi connectivity index (χ1) is 9.33. The van der Waals surface area contributed by atoms with Gasteiger partial charge in [0.2, 0.25) is 0 Å². The highest BCUT2D eigenvalue weighted by Crippen LogP contribution is 2.22. The van der Waals surface area contributed by atoms with E-state index < -0.39 is 18.8 Å². The van der Waals surface area contributed by atoms with E-state index in [9.17, 15) is 18.0 Å². The average molecular weight is 293 g/mol. The molecule has 0 fully saturated rings. The smallest absolute Gasteiger partial charge is 0.411 e. The summed E-state index contributed by atoms with van der Waals surface area (Å²) < 4.78 is 44.9. The fourth-order valence-corrected chi connectivity index (χ4v) is 1.43. The first-order valence-corrected chi connectivity index (χ1v) is 5.63. The number of anilines is 1. The predicted octanol–water partition coefficient (Wildman–Crippen LogP) is 2.38. The van der Waals surface area contributed by atoms with Crippen LogP contribution >= 0.6 is 0 Å². The lowest BCUT2D eigenvalue weighted by Crippen LogP contribution is -2.20. The molecule has 1 aromatic rings. The van der Waals surface area contributed by atoms with Crippen LogP contribution in [0.3, 0.4) is 0 Å². The average Bonchev–Trinajstić information content (AvgIpc) is 2.36. The Morgan fingerprint density at radius 3 is 2.65 bits per heavy atom. The zero-order valence-electron chi connectivity index (χ0n) is 10.7. The minimum atomic E-state index is -4.37. The van der Waals surface area contributed by atoms with E-state index in [1.54, 1.807) is 0 Å². The molecule has 0 saturated carbocycles. The Kier molecular flexibility index (Phi) is 5.63. The highest BCUT2D eigenvalue weighted by molar-refractivity contribution is 5.94. The van der Waals surface area contributed by atoms with E-state index in [0.29, 0.717) is 5.75 Å². The number of hydrogen-bond acceptors (Lipinski definition) is 4. The molecule has 0 atom stereocenters. The van der Waals surface area contributed by atoms with Crippen LogP contribution in [0, 0.1) is 0 Å². The van der Waals surface area contributed by atoms with Crippen molar-refractivity contribution in [2.45, 2.75) is 6.18 Å². The Morgan fingerprint density at radius 1 is 1.40 bits per heavy atom. The Bertz CT molecular complexity index is 463. The number of alkyl halides is 3. The second-order valence-electron chi connectivity index (χ2n) is 3.81. The molecule has 1 aromatic carbocycles. The summed E-state index contributed by atoms with van der Waals surface area (Å²) in [5, 5.41) is 11.7. The number of halogens is 3. The van der Waals surface area contributed by atoms with Crippen molar-refractivity contribution in [3.8, 4) is 5.75 Å². The molecule has 2 N–H and O–H groups in total. The SMILES string of the molecule is COc1ccc(C(=O)O)c(NCCOCC(F)(F)F)c1. The van der Waals surface area contributed by atoms with Gasteiger partial charge in [-0.25, -0.2) is 4.79 Å². The Morgan fingerprint density at radius 2 is 2.10 bits per heavy atom. The predicted molar refractivity (Wildman–Crippen MR) is 65.3 cm³/mol. The summed E-state index contributed by atoms with van der Waals surface area (Å²) in [4.78, 5) is 11.0. The van der Waals surface area contributed by atoms with Crippen molar-refractivity contribution in [2.24, 2.45) is 0 Å². The normalized spacial score (nSPS) is 11.2. The zero-order valence-corrected chi connectivity index (χ0v) is 10.7. The molecule has 112 valence electrons. The molecule has 0 spiro atoms. The quantitative estimate of drug-likeness (QED) is 0.755. The molecule has 1 rings (SSSR count). The fraction of sp³-hybridized carbons (Fsp3) is 0.417. The van der Waals surface area contributed by atoms with E-state index in [2.05, 4.69) is 10.1 Å². The van der Waals surface area contributed by atoms with Gasteiger partial charge in [0.1, 0.15) is 12.4 Å². The molecule has 0 aliphatic heterocycles. The van der Waals surface area contributed by atoms with Crippen LogP contribution in [0.2, 0.25) is 0 Å². The lowest BCUT2D eigenvalue weighted by Gasteiger charge is -2.12. The third kappa shape index (κ3) is 5.35. The number of ether oxygens (including phenoxy) is 2. The van der Waals surface area contributed by atoms with E-state index in [1.165, 1.54) is 25.3 Å². The molecular weight excluding hydrogens is 279 g/mol. The molecule has 0 unspecified atom stereocenters. The molecule has 0 amide bonds. The maximum Gasteiger partial charge on any atom is 0.411 e. The number of aromatic carboxylic acids is 1. The fourth-order valence-electron chi connectivity index (χ4n) is 1.43. The monoisotopic (exact) mass is 293 g/mol. The molecule has 0 saturated heterocycles. The van der Waals surface area contributed by atoms with Crippen LogP contribution in [-0.4, -0.2) is 44.1 Å². The van der Waals surface area contributed by atoms with Crippen molar-refractivity contribution in [3.63, 3.8) is 0 Å². The van der Waals surface area contributed by atoms with Crippen molar-refractivity contribution >= 4 is 11.7 Å². The number of carboxylic acid groups (broad SMARTS) is 1. The first-order valence-electron chi connectivity index (χ1n) is 5.63. The number of rotatable bonds is 7. The van der Waals surface area contributed by atoms with Crippen LogP contribution in [0.1, 0.15) is 10.4 Å². The maximum atomic E-state index is 11.8. The highest BCUT2D eigenvalue weighted by atomic mass is 19.4. The summed E-state index contributed by atoms with van der Waals surface area (Å²) in [6.07, 6.45) is -4.37. The standard InChI is InChI=1S/C12H14F3NO4/c1-19-8-2-3-9(11(17)18)10(6-8)16-4-5-20-7-12(13,14)15/h2-3,6,16H,4-5,7H2,1H3,(H,17,18). The van der Waals surface area contributed by atoms with Crippen molar-refractivity contribution in [1.29, 1.82) is 0 Å². The molecule has 0 aromatic heterocycles. The van der Waals surface area contributed by atoms with Gasteiger partial charge < -0.3 is 19.9 Å². The summed E-state index contributed by atoms with van der Waals surface area (Å²) in [5.41, 5.74) is 0.258. The highest BCUT2D eigenvalue weighted by Gasteiger charge is 2.27. The zero-order chi connectivity index (χ0) is 15.2. The van der Waals surface area contributed by atoms with Gasteiger partial charge in [-0.2, -0.15) is 13.2 Å². The van der Waals surface area contributed by atoms with Gasteiger partial charge in [0, 0.05) is 12.6 Å². The van der Waals surface area contributed by atoms with E-state index in [0.717, 1.165) is 0 Å². The van der Waals surface area contributed by atoms with Gasteiger partial charge in [0.15, 0.2) is 0 Å². The summed E-state index contributed by atoms with van der Waals surface area (Å²) in [7, 11) is 1.42. The van der Waals surface area contributed by atoms with Gasteiger partial charge in [-0.05, 0) is 12.1 Å². The summed E-state index contributed by atoms with van der Waals surface area (Å²) >= 11 is 0. The van der Waals surface area contributed by atoms with Crippen LogP contribution in [0.25, 0.3) is 0 Å². The Labute approximate surface area is 113 Å². The van der Waals surface area contributed by atoms with Crippen molar-refractivity contribution in [3.05, 3.63) is 23.8 Å². The molecule has 0 aliphatic carbocycles. The Balaban J connectivity index is 2.55. The van der Waals surface area contributed by atoms with Crippen LogP contribution in [0.5, 0.6) is 5.75 Å². The van der Waals surface area contributed by atoms with Crippen molar-refractivity contribution in [2.75, 3.05) is 32.2 Å². The minimum Gasteiger partial charge on any atom is -0.497 e. The topological polar surface area (TPSA) is 67.8 Å². The second-order valence-corrected chi connectivity index (χ2v) is 3.81. The molecule has 0 radical (unpaired) electrons. The lowest BCUT2D eigenvalue weighted by molar-refractivity contribution is -0.172. The van der Waals surface area contributed by atoms with Crippen LogP contribution < -0.4 is 10.1 Å². The molecule has 8 heteroatoms. The maximum absolute atomic E-state index is 11.8. The van der Waals surface area contributed by atoms with Gasteiger partial charge in [-0.15, -0.1) is 0 Å². The largest absolute Gasteiger partial charge is 0.497 e. The van der Waals surface area contributed by atoms with Crippen LogP contribution in [0.4, 0.5) is 18.9 Å². The van der Waals surface area contributed by atoms with E-state index in [-0.39, 0.29) is 24.4 Å².